The topological polar surface area (TPSA) is 105 Å². The lowest BCUT2D eigenvalue weighted by molar-refractivity contribution is -0.123. The van der Waals surface area contributed by atoms with Crippen LogP contribution < -0.4 is 10.9 Å². The summed E-state index contributed by atoms with van der Waals surface area (Å²) in [5.41, 5.74) is 1.66. The normalized spacial score (nSPS) is 15.0. The molecule has 2 heterocycles. The van der Waals surface area contributed by atoms with E-state index in [4.69, 9.17) is 9.90 Å². The molecule has 1 unspecified atom stereocenters. The lowest BCUT2D eigenvalue weighted by Gasteiger charge is -2.31. The molecular weight excluding hydrogens is 420 g/mol. The van der Waals surface area contributed by atoms with Crippen molar-refractivity contribution in [2.24, 2.45) is 0 Å². The van der Waals surface area contributed by atoms with Gasteiger partial charge in [0.25, 0.3) is 12.0 Å². The van der Waals surface area contributed by atoms with Gasteiger partial charge < -0.3 is 10.4 Å². The largest absolute Gasteiger partial charge is 0.483 e. The summed E-state index contributed by atoms with van der Waals surface area (Å²) in [7, 11) is 0. The summed E-state index contributed by atoms with van der Waals surface area (Å²) in [5, 5.41) is 10.5. The van der Waals surface area contributed by atoms with Crippen LogP contribution in [0.3, 0.4) is 0 Å². The van der Waals surface area contributed by atoms with E-state index in [-0.39, 0.29) is 30.5 Å². The molecule has 1 amide bonds. The summed E-state index contributed by atoms with van der Waals surface area (Å²) in [6, 6.07) is 17.7. The maximum atomic E-state index is 12.7. The van der Waals surface area contributed by atoms with Gasteiger partial charge in [-0.25, -0.2) is 4.98 Å². The third-order valence-electron chi connectivity index (χ3n) is 5.80. The second kappa shape index (κ2) is 12.5. The highest BCUT2D eigenvalue weighted by atomic mass is 16.3. The van der Waals surface area contributed by atoms with Crippen molar-refractivity contribution in [3.05, 3.63) is 76.8 Å². The van der Waals surface area contributed by atoms with Gasteiger partial charge in [0.15, 0.2) is 0 Å². The molecule has 3 aromatic rings. The smallest absolute Gasteiger partial charge is 0.290 e. The number of fused-ring (bicyclic) bond motifs is 1. The Morgan fingerprint density at radius 1 is 1.03 bits per heavy atom. The first kappa shape index (κ1) is 24.1. The molecule has 2 N–H and O–H groups in total. The van der Waals surface area contributed by atoms with Crippen molar-refractivity contribution in [3.8, 4) is 0 Å². The van der Waals surface area contributed by atoms with Crippen LogP contribution in [-0.4, -0.2) is 51.6 Å². The predicted molar refractivity (Wildman–Crippen MR) is 127 cm³/mol. The second-order valence-electron chi connectivity index (χ2n) is 7.98. The highest BCUT2D eigenvalue weighted by Gasteiger charge is 2.22. The first-order valence-electron chi connectivity index (χ1n) is 11.2. The summed E-state index contributed by atoms with van der Waals surface area (Å²) in [6.07, 6.45) is 6.36. The number of carbonyl (C=O) groups excluding carboxylic acids is 1. The Kier molecular flexibility index (Phi) is 9.14. The van der Waals surface area contributed by atoms with Crippen molar-refractivity contribution in [1.82, 2.24) is 19.8 Å². The van der Waals surface area contributed by atoms with Crippen LogP contribution in [0.25, 0.3) is 10.9 Å². The third kappa shape index (κ3) is 6.73. The van der Waals surface area contributed by atoms with E-state index in [1.165, 1.54) is 42.1 Å². The molecule has 1 fully saturated rings. The molecule has 1 saturated heterocycles. The number of nitrogens with zero attached hydrogens (tertiary/aromatic N) is 3. The Morgan fingerprint density at radius 3 is 2.36 bits per heavy atom. The van der Waals surface area contributed by atoms with Crippen LogP contribution >= 0.6 is 0 Å². The lowest BCUT2D eigenvalue weighted by Crippen LogP contribution is -2.40. The molecule has 174 valence electrons. The number of benzene rings is 2. The Balaban J connectivity index is 0.000000968. The van der Waals surface area contributed by atoms with Gasteiger partial charge in [0.1, 0.15) is 6.54 Å². The minimum absolute atomic E-state index is 0.0296. The zero-order valence-corrected chi connectivity index (χ0v) is 18.6. The number of hydrogen-bond donors (Lipinski definition) is 2. The molecule has 1 atom stereocenters. The molecule has 1 aliphatic heterocycles. The van der Waals surface area contributed by atoms with E-state index in [2.05, 4.69) is 27.3 Å². The number of carboxylic acid groups (broad SMARTS) is 1. The first-order chi connectivity index (χ1) is 16.1. The predicted octanol–water partition coefficient (Wildman–Crippen LogP) is 2.83. The van der Waals surface area contributed by atoms with Crippen LogP contribution in [0.1, 0.15) is 37.3 Å². The molecule has 33 heavy (non-hydrogen) atoms. The van der Waals surface area contributed by atoms with Crippen molar-refractivity contribution >= 4 is 23.3 Å². The van der Waals surface area contributed by atoms with Crippen LogP contribution in [0, 0.1) is 0 Å². The highest BCUT2D eigenvalue weighted by Crippen LogP contribution is 2.23. The van der Waals surface area contributed by atoms with Crippen LogP contribution in [0.4, 0.5) is 0 Å². The molecule has 1 aromatic heterocycles. The molecule has 8 heteroatoms. The van der Waals surface area contributed by atoms with Gasteiger partial charge >= 0.3 is 0 Å². The summed E-state index contributed by atoms with van der Waals surface area (Å²) in [4.78, 5) is 40.4. The molecule has 0 bridgehead atoms. The molecule has 4 rings (SSSR count). The average Bonchev–Trinajstić information content (AvgIpc) is 3.12. The maximum absolute atomic E-state index is 12.7. The zero-order valence-electron chi connectivity index (χ0n) is 18.6. The molecule has 0 aliphatic carbocycles. The number of rotatable bonds is 6. The fourth-order valence-electron chi connectivity index (χ4n) is 4.18. The summed E-state index contributed by atoms with van der Waals surface area (Å²) >= 11 is 0. The van der Waals surface area contributed by atoms with Gasteiger partial charge in [0.2, 0.25) is 5.91 Å². The number of hydrogen-bond acceptors (Lipinski definition) is 5. The Hall–Kier alpha value is -3.52. The van der Waals surface area contributed by atoms with E-state index in [9.17, 15) is 9.59 Å². The van der Waals surface area contributed by atoms with E-state index in [1.807, 2.05) is 30.3 Å². The molecule has 2 aromatic carbocycles. The fourth-order valence-corrected chi connectivity index (χ4v) is 4.18. The van der Waals surface area contributed by atoms with Crippen molar-refractivity contribution < 1.29 is 14.7 Å². The number of likely N-dealkylation sites (tertiary alicyclic amines) is 1. The highest BCUT2D eigenvalue weighted by molar-refractivity contribution is 5.78. The van der Waals surface area contributed by atoms with Crippen LogP contribution in [0.15, 0.2) is 65.7 Å². The summed E-state index contributed by atoms with van der Waals surface area (Å²) in [6.45, 7) is 2.34. The minimum atomic E-state index is -0.250. The number of aromatic nitrogens is 2. The minimum Gasteiger partial charge on any atom is -0.483 e. The van der Waals surface area contributed by atoms with E-state index in [0.717, 1.165) is 13.1 Å². The average molecular weight is 451 g/mol. The van der Waals surface area contributed by atoms with Crippen molar-refractivity contribution in [3.63, 3.8) is 0 Å². The van der Waals surface area contributed by atoms with Gasteiger partial charge in [-0.1, -0.05) is 55.3 Å². The van der Waals surface area contributed by atoms with Gasteiger partial charge in [-0.15, -0.1) is 0 Å². The monoisotopic (exact) mass is 450 g/mol. The Labute approximate surface area is 192 Å². The third-order valence-corrected chi connectivity index (χ3v) is 5.80. The van der Waals surface area contributed by atoms with E-state index in [0.29, 0.717) is 17.4 Å². The summed E-state index contributed by atoms with van der Waals surface area (Å²) < 4.78 is 1.38. The second-order valence-corrected chi connectivity index (χ2v) is 7.98. The number of nitrogens with one attached hydrogen (secondary N) is 1. The SMILES string of the molecule is O=C(Cn1cnc2ccccc2c1=O)NCC(c1ccccc1)N1CCCCCC1.O=CO. The molecule has 0 spiro atoms. The fraction of sp³-hybridized carbons (Fsp3) is 0.360. The number of amides is 1. The van der Waals surface area contributed by atoms with Crippen molar-refractivity contribution in [2.75, 3.05) is 19.6 Å². The summed E-state index contributed by atoms with van der Waals surface area (Å²) in [5.74, 6) is -0.176. The van der Waals surface area contributed by atoms with Gasteiger partial charge in [0, 0.05) is 6.54 Å². The van der Waals surface area contributed by atoms with Crippen molar-refractivity contribution in [2.45, 2.75) is 38.3 Å². The standard InChI is InChI=1S/C24H28N4O2.CH2O2/c29-23(17-28-18-26-21-13-7-6-12-20(21)24(28)30)25-16-22(19-10-4-3-5-11-19)27-14-8-1-2-9-15-27;2-1-3/h3-7,10-13,18,22H,1-2,8-9,14-17H2,(H,25,29);1H,(H,2,3). The number of carbonyl (C=O) groups is 2. The van der Waals surface area contributed by atoms with Crippen LogP contribution in [0.5, 0.6) is 0 Å². The van der Waals surface area contributed by atoms with E-state index < -0.39 is 0 Å². The Morgan fingerprint density at radius 2 is 1.67 bits per heavy atom. The van der Waals surface area contributed by atoms with Crippen molar-refractivity contribution in [1.29, 1.82) is 0 Å². The van der Waals surface area contributed by atoms with Gasteiger partial charge in [0.05, 0.1) is 23.3 Å². The molecule has 0 radical (unpaired) electrons. The van der Waals surface area contributed by atoms with Crippen LogP contribution in [-0.2, 0) is 16.1 Å². The molecule has 1 aliphatic rings. The quantitative estimate of drug-likeness (QED) is 0.560. The first-order valence-corrected chi connectivity index (χ1v) is 11.2. The zero-order chi connectivity index (χ0) is 23.5. The molecule has 8 nitrogen and oxygen atoms in total. The molecular formula is C25H30N4O4. The van der Waals surface area contributed by atoms with Crippen LogP contribution in [0.2, 0.25) is 0 Å². The van der Waals surface area contributed by atoms with Gasteiger partial charge in [-0.2, -0.15) is 0 Å². The van der Waals surface area contributed by atoms with Gasteiger partial charge in [-0.3, -0.25) is 23.9 Å². The lowest BCUT2D eigenvalue weighted by atomic mass is 10.0. The van der Waals surface area contributed by atoms with E-state index >= 15 is 0 Å². The number of para-hydroxylation sites is 1. The van der Waals surface area contributed by atoms with E-state index in [1.54, 1.807) is 12.1 Å². The molecule has 0 saturated carbocycles. The van der Waals surface area contributed by atoms with Gasteiger partial charge in [-0.05, 0) is 43.6 Å². The Bertz CT molecular complexity index is 1090. The maximum Gasteiger partial charge on any atom is 0.290 e.